The molecule has 1 heterocycles. The number of nitrogens with one attached hydrogen (secondary N) is 1. The third-order valence-electron chi connectivity index (χ3n) is 6.80. The number of aliphatic imine (C=N–C) groups is 1. The Morgan fingerprint density at radius 3 is 2.77 bits per heavy atom. The van der Waals surface area contributed by atoms with Crippen molar-refractivity contribution in [3.05, 3.63) is 53.1 Å². The molecule has 188 valence electrons. The van der Waals surface area contributed by atoms with Crippen molar-refractivity contribution in [3.8, 4) is 11.5 Å². The highest BCUT2D eigenvalue weighted by atomic mass is 16.5. The fourth-order valence-electron chi connectivity index (χ4n) is 5.13. The van der Waals surface area contributed by atoms with Gasteiger partial charge in [0.05, 0.1) is 31.6 Å². The topological polar surface area (TPSA) is 83.4 Å². The van der Waals surface area contributed by atoms with Gasteiger partial charge in [0.15, 0.2) is 11.5 Å². The molecular formula is C28H37N3O4. The lowest BCUT2D eigenvalue weighted by Gasteiger charge is -2.37. The monoisotopic (exact) mass is 479 g/mol. The molecule has 7 nitrogen and oxygen atoms in total. The van der Waals surface area contributed by atoms with E-state index < -0.39 is 0 Å². The number of carbonyl (C=O) groups excluding carboxylic acids is 1. The minimum atomic E-state index is -0.315. The molecule has 1 aliphatic carbocycles. The van der Waals surface area contributed by atoms with Crippen LogP contribution in [-0.2, 0) is 4.79 Å². The average molecular weight is 480 g/mol. The van der Waals surface area contributed by atoms with E-state index in [0.717, 1.165) is 53.9 Å². The maximum Gasteiger partial charge on any atom is 0.224 e. The second-order valence-electron chi connectivity index (χ2n) is 9.68. The lowest BCUT2D eigenvalue weighted by molar-refractivity contribution is -0.116. The molecule has 0 bridgehead atoms. The van der Waals surface area contributed by atoms with Gasteiger partial charge in [-0.05, 0) is 83.1 Å². The first-order valence-corrected chi connectivity index (χ1v) is 12.6. The Morgan fingerprint density at radius 1 is 1.20 bits per heavy atom. The molecule has 2 N–H and O–H groups in total. The van der Waals surface area contributed by atoms with Crippen molar-refractivity contribution in [3.63, 3.8) is 0 Å². The average Bonchev–Trinajstić information content (AvgIpc) is 2.83. The fraction of sp³-hybridized carbons (Fsp3) is 0.500. The summed E-state index contributed by atoms with van der Waals surface area (Å²) >= 11 is 0. The molecule has 1 aliphatic heterocycles. The van der Waals surface area contributed by atoms with E-state index in [1.54, 1.807) is 7.11 Å². The summed E-state index contributed by atoms with van der Waals surface area (Å²) in [4.78, 5) is 19.7. The van der Waals surface area contributed by atoms with Crippen molar-refractivity contribution in [2.24, 2.45) is 4.99 Å². The zero-order valence-corrected chi connectivity index (χ0v) is 21.2. The first-order valence-electron chi connectivity index (χ1n) is 12.6. The maximum atomic E-state index is 12.5. The van der Waals surface area contributed by atoms with Crippen LogP contribution >= 0.6 is 0 Å². The summed E-state index contributed by atoms with van der Waals surface area (Å²) in [5.41, 5.74) is 4.74. The molecule has 2 aliphatic rings. The third-order valence-corrected chi connectivity index (χ3v) is 6.80. The van der Waals surface area contributed by atoms with Crippen LogP contribution in [0.2, 0.25) is 0 Å². The molecule has 1 saturated carbocycles. The van der Waals surface area contributed by atoms with Gasteiger partial charge >= 0.3 is 0 Å². The molecule has 7 heteroatoms. The van der Waals surface area contributed by atoms with Crippen LogP contribution in [0.3, 0.4) is 0 Å². The summed E-state index contributed by atoms with van der Waals surface area (Å²) < 4.78 is 11.5. The Labute approximate surface area is 208 Å². The van der Waals surface area contributed by atoms with Gasteiger partial charge in [0, 0.05) is 29.2 Å². The number of nitrogens with zero attached hydrogens (tertiary/aromatic N) is 2. The SMILES string of the molecule is CCOc1cc2c(cc1OC)C(c1cccc(NC(=O)CCCN(C)C)c1)=NC1CCC(O)CC21. The molecule has 35 heavy (non-hydrogen) atoms. The molecule has 3 unspecified atom stereocenters. The quantitative estimate of drug-likeness (QED) is 0.563. The number of methoxy groups -OCH3 is 1. The van der Waals surface area contributed by atoms with Crippen molar-refractivity contribution >= 4 is 17.3 Å². The van der Waals surface area contributed by atoms with Gasteiger partial charge in [0.1, 0.15) is 0 Å². The standard InChI is InChI=1S/C28H37N3O4/c1-5-35-26-16-21-22-15-20(32)11-12-24(22)30-28(23(21)17-25(26)34-4)18-8-6-9-19(14-18)29-27(33)10-7-13-31(2)3/h6,8-9,14,16-17,20,22,24,32H,5,7,10-13,15H2,1-4H3,(H,29,33). The molecule has 0 radical (unpaired) electrons. The van der Waals surface area contributed by atoms with Gasteiger partial charge in [-0.1, -0.05) is 12.1 Å². The van der Waals surface area contributed by atoms with Crippen LogP contribution in [-0.4, -0.2) is 68.1 Å². The summed E-state index contributed by atoms with van der Waals surface area (Å²) in [5.74, 6) is 1.53. The van der Waals surface area contributed by atoms with E-state index in [1.807, 2.05) is 51.4 Å². The number of hydrogen-bond acceptors (Lipinski definition) is 6. The summed E-state index contributed by atoms with van der Waals surface area (Å²) in [5, 5.41) is 13.4. The number of amides is 1. The molecule has 4 rings (SSSR count). The number of benzene rings is 2. The van der Waals surface area contributed by atoms with Crippen LogP contribution < -0.4 is 14.8 Å². The molecule has 1 fully saturated rings. The van der Waals surface area contributed by atoms with Crippen LogP contribution in [0.1, 0.15) is 61.6 Å². The van der Waals surface area contributed by atoms with Gasteiger partial charge in [-0.2, -0.15) is 0 Å². The molecule has 0 spiro atoms. The van der Waals surface area contributed by atoms with Crippen LogP contribution in [0.5, 0.6) is 11.5 Å². The fourth-order valence-corrected chi connectivity index (χ4v) is 5.13. The molecule has 1 amide bonds. The van der Waals surface area contributed by atoms with Gasteiger partial charge in [-0.15, -0.1) is 0 Å². The minimum absolute atomic E-state index is 0.0133. The molecular weight excluding hydrogens is 442 g/mol. The Balaban J connectivity index is 1.67. The Hall–Kier alpha value is -2.90. The highest BCUT2D eigenvalue weighted by Crippen LogP contribution is 2.45. The molecule has 0 saturated heterocycles. The molecule has 2 aromatic rings. The van der Waals surface area contributed by atoms with Crippen molar-refractivity contribution in [2.75, 3.05) is 39.7 Å². The second-order valence-corrected chi connectivity index (χ2v) is 9.68. The van der Waals surface area contributed by atoms with E-state index in [2.05, 4.69) is 16.3 Å². The summed E-state index contributed by atoms with van der Waals surface area (Å²) in [6, 6.07) is 12.1. The summed E-state index contributed by atoms with van der Waals surface area (Å²) in [6.07, 6.45) is 3.27. The van der Waals surface area contributed by atoms with Gasteiger partial charge in [-0.25, -0.2) is 0 Å². The largest absolute Gasteiger partial charge is 0.493 e. The zero-order valence-electron chi connectivity index (χ0n) is 21.2. The van der Waals surface area contributed by atoms with E-state index in [0.29, 0.717) is 30.9 Å². The molecule has 3 atom stereocenters. The van der Waals surface area contributed by atoms with Crippen molar-refractivity contribution in [1.82, 2.24) is 4.90 Å². The van der Waals surface area contributed by atoms with Crippen LogP contribution in [0.4, 0.5) is 5.69 Å². The van der Waals surface area contributed by atoms with Crippen LogP contribution in [0.25, 0.3) is 0 Å². The number of fused-ring (bicyclic) bond motifs is 3. The highest BCUT2D eigenvalue weighted by molar-refractivity contribution is 6.15. The Bertz CT molecular complexity index is 1080. The van der Waals surface area contributed by atoms with Crippen molar-refractivity contribution in [1.29, 1.82) is 0 Å². The Morgan fingerprint density at radius 2 is 2.03 bits per heavy atom. The number of rotatable bonds is 9. The van der Waals surface area contributed by atoms with Crippen LogP contribution in [0.15, 0.2) is 41.4 Å². The van der Waals surface area contributed by atoms with Gasteiger partial charge in [0.2, 0.25) is 5.91 Å². The van der Waals surface area contributed by atoms with E-state index in [-0.39, 0.29) is 24.0 Å². The number of ether oxygens (including phenoxy) is 2. The van der Waals surface area contributed by atoms with Crippen molar-refractivity contribution < 1.29 is 19.4 Å². The van der Waals surface area contributed by atoms with Crippen molar-refractivity contribution in [2.45, 2.75) is 57.1 Å². The predicted molar refractivity (Wildman–Crippen MR) is 139 cm³/mol. The van der Waals surface area contributed by atoms with E-state index in [1.165, 1.54) is 0 Å². The minimum Gasteiger partial charge on any atom is -0.493 e. The highest BCUT2D eigenvalue weighted by Gasteiger charge is 2.37. The lowest BCUT2D eigenvalue weighted by atomic mass is 9.74. The molecule has 2 aromatic carbocycles. The number of aliphatic hydroxyl groups excluding tert-OH is 1. The third kappa shape index (κ3) is 5.85. The smallest absolute Gasteiger partial charge is 0.224 e. The maximum absolute atomic E-state index is 12.5. The number of carbonyl (C=O) groups is 1. The number of aliphatic hydroxyl groups is 1. The number of anilines is 1. The van der Waals surface area contributed by atoms with Gasteiger partial charge in [0.25, 0.3) is 0 Å². The first-order chi connectivity index (χ1) is 16.9. The summed E-state index contributed by atoms with van der Waals surface area (Å²) in [6.45, 7) is 3.38. The number of hydrogen-bond donors (Lipinski definition) is 2. The second kappa shape index (κ2) is 11.2. The van der Waals surface area contributed by atoms with Gasteiger partial charge < -0.3 is 24.8 Å². The van der Waals surface area contributed by atoms with E-state index in [9.17, 15) is 9.90 Å². The lowest BCUT2D eigenvalue weighted by Crippen LogP contribution is -2.34. The van der Waals surface area contributed by atoms with Gasteiger partial charge in [-0.3, -0.25) is 9.79 Å². The predicted octanol–water partition coefficient (Wildman–Crippen LogP) is 4.22. The molecule has 0 aromatic heterocycles. The normalized spacial score (nSPS) is 21.1. The summed E-state index contributed by atoms with van der Waals surface area (Å²) in [7, 11) is 5.66. The zero-order chi connectivity index (χ0) is 24.9. The van der Waals surface area contributed by atoms with E-state index in [4.69, 9.17) is 14.5 Å². The van der Waals surface area contributed by atoms with Crippen LogP contribution in [0, 0.1) is 0 Å². The Kier molecular flexibility index (Phi) is 8.08. The van der Waals surface area contributed by atoms with E-state index >= 15 is 0 Å². The first kappa shape index (κ1) is 25.2.